The number of sulfonamides is 1. The minimum Gasteiger partial charge on any atom is -0.378 e. The Morgan fingerprint density at radius 1 is 0.912 bits per heavy atom. The van der Waals surface area contributed by atoms with Gasteiger partial charge in [0, 0.05) is 24.3 Å². The third-order valence-corrected chi connectivity index (χ3v) is 6.81. The zero-order chi connectivity index (χ0) is 24.1. The second-order valence-electron chi connectivity index (χ2n) is 7.90. The van der Waals surface area contributed by atoms with Gasteiger partial charge in [-0.15, -0.1) is 0 Å². The number of para-hydroxylation sites is 1. The van der Waals surface area contributed by atoms with Crippen LogP contribution < -0.4 is 10.0 Å². The Morgan fingerprint density at radius 3 is 2.35 bits per heavy atom. The lowest BCUT2D eigenvalue weighted by molar-refractivity contribution is 0.0303. The zero-order valence-corrected chi connectivity index (χ0v) is 19.5. The molecule has 3 aromatic carbocycles. The van der Waals surface area contributed by atoms with E-state index in [4.69, 9.17) is 4.74 Å². The predicted molar refractivity (Wildman–Crippen MR) is 130 cm³/mol. The van der Waals surface area contributed by atoms with Gasteiger partial charge in [-0.3, -0.25) is 14.3 Å². The fraction of sp³-hybridized carbons (Fsp3) is 0.200. The summed E-state index contributed by atoms with van der Waals surface area (Å²) in [6, 6.07) is 19.5. The zero-order valence-electron chi connectivity index (χ0n) is 18.7. The monoisotopic (exact) mass is 479 g/mol. The molecule has 0 radical (unpaired) electrons. The van der Waals surface area contributed by atoms with Crippen LogP contribution in [0.2, 0.25) is 0 Å². The number of nitrogens with one attached hydrogen (secondary N) is 2. The first kappa shape index (κ1) is 23.5. The van der Waals surface area contributed by atoms with Gasteiger partial charge >= 0.3 is 0 Å². The number of anilines is 2. The number of ether oxygens (including phenoxy) is 1. The van der Waals surface area contributed by atoms with Gasteiger partial charge in [0.25, 0.3) is 21.8 Å². The molecule has 0 aromatic heterocycles. The minimum atomic E-state index is -3.80. The van der Waals surface area contributed by atoms with Crippen LogP contribution in [-0.4, -0.2) is 51.4 Å². The molecule has 0 atom stereocenters. The average Bonchev–Trinajstić information content (AvgIpc) is 2.84. The first-order chi connectivity index (χ1) is 16.3. The molecule has 0 saturated carbocycles. The van der Waals surface area contributed by atoms with E-state index < -0.39 is 15.9 Å². The van der Waals surface area contributed by atoms with Crippen molar-refractivity contribution in [1.82, 2.24) is 4.90 Å². The fourth-order valence-electron chi connectivity index (χ4n) is 3.57. The molecule has 1 aliphatic rings. The summed E-state index contributed by atoms with van der Waals surface area (Å²) in [6.07, 6.45) is 0. The van der Waals surface area contributed by atoms with E-state index in [9.17, 15) is 18.0 Å². The molecule has 8 nitrogen and oxygen atoms in total. The molecule has 1 saturated heterocycles. The maximum Gasteiger partial charge on any atom is 0.261 e. The van der Waals surface area contributed by atoms with Gasteiger partial charge in [0.15, 0.2) is 0 Å². The number of amides is 2. The highest BCUT2D eigenvalue weighted by Gasteiger charge is 2.22. The lowest BCUT2D eigenvalue weighted by Gasteiger charge is -2.27. The van der Waals surface area contributed by atoms with Crippen LogP contribution in [-0.2, 0) is 14.8 Å². The van der Waals surface area contributed by atoms with Gasteiger partial charge in [-0.25, -0.2) is 8.42 Å². The highest BCUT2D eigenvalue weighted by molar-refractivity contribution is 7.92. The van der Waals surface area contributed by atoms with Crippen LogP contribution >= 0.6 is 0 Å². The van der Waals surface area contributed by atoms with Crippen molar-refractivity contribution in [2.24, 2.45) is 0 Å². The molecule has 2 N–H and O–H groups in total. The van der Waals surface area contributed by atoms with Crippen molar-refractivity contribution in [3.05, 3.63) is 89.5 Å². The molecule has 1 heterocycles. The molecule has 0 spiro atoms. The maximum atomic E-state index is 13.0. The third kappa shape index (κ3) is 5.44. The molecule has 3 aromatic rings. The molecule has 176 valence electrons. The van der Waals surface area contributed by atoms with Crippen LogP contribution in [0.15, 0.2) is 77.7 Å². The molecule has 2 amide bonds. The van der Waals surface area contributed by atoms with E-state index in [0.29, 0.717) is 37.6 Å². The first-order valence-corrected chi connectivity index (χ1v) is 12.3. The van der Waals surface area contributed by atoms with Gasteiger partial charge in [0.05, 0.1) is 29.4 Å². The van der Waals surface area contributed by atoms with Crippen LogP contribution in [0.4, 0.5) is 11.4 Å². The largest absolute Gasteiger partial charge is 0.378 e. The summed E-state index contributed by atoms with van der Waals surface area (Å²) in [6.45, 7) is 3.81. The smallest absolute Gasteiger partial charge is 0.261 e. The summed E-state index contributed by atoms with van der Waals surface area (Å²) in [7, 11) is -3.80. The maximum absolute atomic E-state index is 13.0. The Labute approximate surface area is 198 Å². The Bertz CT molecular complexity index is 1300. The lowest BCUT2D eigenvalue weighted by Crippen LogP contribution is -2.41. The summed E-state index contributed by atoms with van der Waals surface area (Å²) in [5.74, 6) is -0.641. The third-order valence-electron chi connectivity index (χ3n) is 5.41. The van der Waals surface area contributed by atoms with E-state index in [-0.39, 0.29) is 22.1 Å². The van der Waals surface area contributed by atoms with E-state index in [1.807, 2.05) is 6.92 Å². The summed E-state index contributed by atoms with van der Waals surface area (Å²) < 4.78 is 33.2. The van der Waals surface area contributed by atoms with Crippen molar-refractivity contribution in [3.63, 3.8) is 0 Å². The van der Waals surface area contributed by atoms with Gasteiger partial charge in [0.1, 0.15) is 0 Å². The van der Waals surface area contributed by atoms with Gasteiger partial charge in [0.2, 0.25) is 0 Å². The molecule has 9 heteroatoms. The highest BCUT2D eigenvalue weighted by Crippen LogP contribution is 2.21. The van der Waals surface area contributed by atoms with Crippen molar-refractivity contribution < 1.29 is 22.7 Å². The molecule has 4 rings (SSSR count). The van der Waals surface area contributed by atoms with Crippen molar-refractivity contribution in [3.8, 4) is 0 Å². The summed E-state index contributed by atoms with van der Waals surface area (Å²) >= 11 is 0. The number of aryl methyl sites for hydroxylation is 1. The normalized spacial score (nSPS) is 13.9. The molecule has 0 aliphatic carbocycles. The SMILES string of the molecule is Cc1ccc(S(=O)(=O)Nc2cccc(C(=O)Nc3ccccc3C(=O)N3CCOCC3)c2)cc1. The van der Waals surface area contributed by atoms with E-state index >= 15 is 0 Å². The van der Waals surface area contributed by atoms with Crippen LogP contribution in [0.25, 0.3) is 0 Å². The number of hydrogen-bond acceptors (Lipinski definition) is 5. The van der Waals surface area contributed by atoms with Gasteiger partial charge in [-0.2, -0.15) is 0 Å². The average molecular weight is 480 g/mol. The Morgan fingerprint density at radius 2 is 1.62 bits per heavy atom. The molecule has 0 unspecified atom stereocenters. The highest BCUT2D eigenvalue weighted by atomic mass is 32.2. The van der Waals surface area contributed by atoms with Crippen LogP contribution in [0, 0.1) is 6.92 Å². The topological polar surface area (TPSA) is 105 Å². The molecule has 34 heavy (non-hydrogen) atoms. The van der Waals surface area contributed by atoms with Crippen molar-refractivity contribution in [1.29, 1.82) is 0 Å². The molecule has 1 fully saturated rings. The van der Waals surface area contributed by atoms with Crippen LogP contribution in [0.3, 0.4) is 0 Å². The number of carbonyl (C=O) groups is 2. The summed E-state index contributed by atoms with van der Waals surface area (Å²) in [5.41, 5.74) is 2.22. The van der Waals surface area contributed by atoms with Crippen molar-refractivity contribution >= 4 is 33.2 Å². The predicted octanol–water partition coefficient (Wildman–Crippen LogP) is 3.52. The minimum absolute atomic E-state index is 0.128. The second kappa shape index (κ2) is 10.1. The van der Waals surface area contributed by atoms with E-state index in [0.717, 1.165) is 5.56 Å². The van der Waals surface area contributed by atoms with Gasteiger partial charge in [-0.1, -0.05) is 35.9 Å². The number of carbonyl (C=O) groups excluding carboxylic acids is 2. The number of rotatable bonds is 6. The van der Waals surface area contributed by atoms with Crippen molar-refractivity contribution in [2.45, 2.75) is 11.8 Å². The second-order valence-corrected chi connectivity index (χ2v) is 9.59. The number of hydrogen-bond donors (Lipinski definition) is 2. The number of benzene rings is 3. The quantitative estimate of drug-likeness (QED) is 0.563. The van der Waals surface area contributed by atoms with E-state index in [1.54, 1.807) is 59.5 Å². The van der Waals surface area contributed by atoms with Gasteiger partial charge < -0.3 is 15.0 Å². The van der Waals surface area contributed by atoms with Crippen LogP contribution in [0.1, 0.15) is 26.3 Å². The van der Waals surface area contributed by atoms with E-state index in [1.165, 1.54) is 18.2 Å². The Balaban J connectivity index is 1.51. The van der Waals surface area contributed by atoms with Gasteiger partial charge in [-0.05, 0) is 49.4 Å². The molecular weight excluding hydrogens is 454 g/mol. The summed E-state index contributed by atoms with van der Waals surface area (Å²) in [4.78, 5) is 27.7. The Hall–Kier alpha value is -3.69. The van der Waals surface area contributed by atoms with Crippen LogP contribution in [0.5, 0.6) is 0 Å². The molecular formula is C25H25N3O5S. The molecule has 0 bridgehead atoms. The van der Waals surface area contributed by atoms with Crippen molar-refractivity contribution in [2.75, 3.05) is 36.3 Å². The summed E-state index contributed by atoms with van der Waals surface area (Å²) in [5, 5.41) is 2.78. The standard InChI is InChI=1S/C25H25N3O5S/c1-18-9-11-21(12-10-18)34(31,32)27-20-6-4-5-19(17-20)24(29)26-23-8-3-2-7-22(23)25(30)28-13-15-33-16-14-28/h2-12,17,27H,13-16H2,1H3,(H,26,29). The molecule has 1 aliphatic heterocycles. The fourth-order valence-corrected chi connectivity index (χ4v) is 4.61. The number of nitrogens with zero attached hydrogens (tertiary/aromatic N) is 1. The Kier molecular flexibility index (Phi) is 6.95. The lowest BCUT2D eigenvalue weighted by atomic mass is 10.1. The first-order valence-electron chi connectivity index (χ1n) is 10.8. The number of morpholine rings is 1. The van der Waals surface area contributed by atoms with E-state index in [2.05, 4.69) is 10.0 Å².